The van der Waals surface area contributed by atoms with Crippen molar-refractivity contribution in [2.45, 2.75) is 52.4 Å². The molecule has 0 radical (unpaired) electrons. The molecule has 0 N–H and O–H groups in total. The zero-order chi connectivity index (χ0) is 27.4. The smallest absolute Gasteiger partial charge is 0.274 e. The van der Waals surface area contributed by atoms with Gasteiger partial charge < -0.3 is 14.5 Å². The molecule has 7 nitrogen and oxygen atoms in total. The van der Waals surface area contributed by atoms with Gasteiger partial charge in [0.1, 0.15) is 12.4 Å². The minimum Gasteiger partial charge on any atom is -0.491 e. The Morgan fingerprint density at radius 1 is 0.923 bits per heavy atom. The number of aryl methyl sites for hydroxylation is 3. The highest BCUT2D eigenvalue weighted by atomic mass is 16.5. The molecule has 0 saturated carbocycles. The molecule has 39 heavy (non-hydrogen) atoms. The largest absolute Gasteiger partial charge is 0.491 e. The van der Waals surface area contributed by atoms with Crippen LogP contribution in [0, 0.1) is 12.3 Å². The van der Waals surface area contributed by atoms with E-state index in [2.05, 4.69) is 48.4 Å². The van der Waals surface area contributed by atoms with Gasteiger partial charge in [-0.25, -0.2) is 0 Å². The van der Waals surface area contributed by atoms with E-state index in [1.54, 1.807) is 11.6 Å². The maximum absolute atomic E-state index is 14.0. The van der Waals surface area contributed by atoms with E-state index in [1.165, 1.54) is 11.1 Å². The normalized spacial score (nSPS) is 18.0. The fraction of sp³-hybridized carbons (Fsp3) is 0.469. The number of aromatic nitrogens is 2. The Labute approximate surface area is 231 Å². The van der Waals surface area contributed by atoms with Crippen molar-refractivity contribution in [1.82, 2.24) is 19.6 Å². The molecule has 3 aromatic rings. The van der Waals surface area contributed by atoms with E-state index in [0.29, 0.717) is 25.4 Å². The van der Waals surface area contributed by atoms with Gasteiger partial charge in [-0.1, -0.05) is 54.4 Å². The summed E-state index contributed by atoms with van der Waals surface area (Å²) in [6.07, 6.45) is 6.01. The van der Waals surface area contributed by atoms with Gasteiger partial charge in [0, 0.05) is 33.6 Å². The second-order valence-electron chi connectivity index (χ2n) is 11.3. The minimum absolute atomic E-state index is 0.0190. The summed E-state index contributed by atoms with van der Waals surface area (Å²) in [6, 6.07) is 18.4. The van der Waals surface area contributed by atoms with E-state index >= 15 is 0 Å². The summed E-state index contributed by atoms with van der Waals surface area (Å²) in [5.74, 6) is 0.980. The van der Waals surface area contributed by atoms with Crippen LogP contribution in [-0.2, 0) is 18.3 Å². The lowest BCUT2D eigenvalue weighted by Gasteiger charge is -2.44. The Bertz CT molecular complexity index is 1310. The molecule has 0 unspecified atom stereocenters. The van der Waals surface area contributed by atoms with E-state index in [9.17, 15) is 9.59 Å². The number of ether oxygens (including phenoxy) is 1. The van der Waals surface area contributed by atoms with Crippen molar-refractivity contribution in [3.05, 3.63) is 71.4 Å². The fourth-order valence-electron chi connectivity index (χ4n) is 6.10. The lowest BCUT2D eigenvalue weighted by atomic mass is 9.73. The zero-order valence-corrected chi connectivity index (χ0v) is 23.5. The first-order chi connectivity index (χ1) is 18.8. The standard InChI is InChI=1S/C32H40N4O3/c1-24-11-13-26(14-12-24)29-22-28(33-34(29)3)31(38)36-20-21-39-30-10-5-4-8-27(30)9-6-7-15-32(23-36)16-18-35(19-17-32)25(2)37/h4-5,8,10-14,22H,6-7,9,15-21,23H2,1-3H3. The van der Waals surface area contributed by atoms with Crippen LogP contribution in [0.15, 0.2) is 54.6 Å². The fourth-order valence-corrected chi connectivity index (χ4v) is 6.10. The van der Waals surface area contributed by atoms with Crippen molar-refractivity contribution in [3.8, 4) is 17.0 Å². The third-order valence-corrected chi connectivity index (χ3v) is 8.52. The number of rotatable bonds is 2. The number of hydrogen-bond acceptors (Lipinski definition) is 4. The highest BCUT2D eigenvalue weighted by Gasteiger charge is 2.38. The van der Waals surface area contributed by atoms with Crippen LogP contribution in [0.3, 0.4) is 0 Å². The summed E-state index contributed by atoms with van der Waals surface area (Å²) in [7, 11) is 1.89. The molecule has 1 saturated heterocycles. The quantitative estimate of drug-likeness (QED) is 0.454. The average molecular weight is 529 g/mol. The van der Waals surface area contributed by atoms with Crippen molar-refractivity contribution in [2.75, 3.05) is 32.8 Å². The highest BCUT2D eigenvalue weighted by molar-refractivity contribution is 5.93. The number of carbonyl (C=O) groups is 2. The molecule has 1 aromatic heterocycles. The summed E-state index contributed by atoms with van der Waals surface area (Å²) >= 11 is 0. The van der Waals surface area contributed by atoms with Gasteiger partial charge in [-0.2, -0.15) is 5.10 Å². The molecule has 0 aliphatic carbocycles. The third-order valence-electron chi connectivity index (χ3n) is 8.52. The van der Waals surface area contributed by atoms with Crippen LogP contribution < -0.4 is 4.74 Å². The molecule has 7 heteroatoms. The van der Waals surface area contributed by atoms with Crippen LogP contribution in [0.2, 0.25) is 0 Å². The Kier molecular flexibility index (Phi) is 8.05. The number of piperidine rings is 1. The monoisotopic (exact) mass is 528 g/mol. The number of amides is 2. The van der Waals surface area contributed by atoms with Gasteiger partial charge in [0.25, 0.3) is 5.91 Å². The summed E-state index contributed by atoms with van der Waals surface area (Å²) in [5, 5.41) is 4.65. The molecular formula is C32H40N4O3. The number of carbonyl (C=O) groups excluding carboxylic acids is 2. The second kappa shape index (κ2) is 11.6. The second-order valence-corrected chi connectivity index (χ2v) is 11.3. The predicted octanol–water partition coefficient (Wildman–Crippen LogP) is 5.27. The van der Waals surface area contributed by atoms with Crippen LogP contribution in [0.25, 0.3) is 11.3 Å². The molecule has 2 aliphatic rings. The van der Waals surface area contributed by atoms with Crippen molar-refractivity contribution < 1.29 is 14.3 Å². The van der Waals surface area contributed by atoms with Gasteiger partial charge >= 0.3 is 0 Å². The van der Waals surface area contributed by atoms with Gasteiger partial charge in [0.05, 0.1) is 12.2 Å². The first kappa shape index (κ1) is 27.0. The van der Waals surface area contributed by atoms with Gasteiger partial charge in [-0.05, 0) is 67.7 Å². The predicted molar refractivity (Wildman–Crippen MR) is 153 cm³/mol. The van der Waals surface area contributed by atoms with Crippen molar-refractivity contribution in [1.29, 1.82) is 0 Å². The molecule has 0 bridgehead atoms. The number of likely N-dealkylation sites (tertiary alicyclic amines) is 1. The average Bonchev–Trinajstić information content (AvgIpc) is 3.32. The summed E-state index contributed by atoms with van der Waals surface area (Å²) < 4.78 is 8.03. The molecule has 5 rings (SSSR count). The zero-order valence-electron chi connectivity index (χ0n) is 23.5. The van der Waals surface area contributed by atoms with Crippen molar-refractivity contribution >= 4 is 11.8 Å². The highest BCUT2D eigenvalue weighted by Crippen LogP contribution is 2.39. The summed E-state index contributed by atoms with van der Waals surface area (Å²) in [5.41, 5.74) is 4.81. The Morgan fingerprint density at radius 3 is 2.41 bits per heavy atom. The van der Waals surface area contributed by atoms with Crippen molar-refractivity contribution in [3.63, 3.8) is 0 Å². The summed E-state index contributed by atoms with van der Waals surface area (Å²) in [4.78, 5) is 30.0. The number of benzene rings is 2. The molecule has 0 atom stereocenters. The lowest BCUT2D eigenvalue weighted by Crippen LogP contribution is -2.49. The number of hydrogen-bond donors (Lipinski definition) is 0. The maximum atomic E-state index is 14.0. The van der Waals surface area contributed by atoms with E-state index < -0.39 is 0 Å². The van der Waals surface area contributed by atoms with Gasteiger partial charge in [0.15, 0.2) is 5.69 Å². The van der Waals surface area contributed by atoms with E-state index in [4.69, 9.17) is 4.74 Å². The van der Waals surface area contributed by atoms with Crippen LogP contribution in [0.4, 0.5) is 0 Å². The van der Waals surface area contributed by atoms with Crippen LogP contribution in [0.1, 0.15) is 60.6 Å². The topological polar surface area (TPSA) is 67.7 Å². The van der Waals surface area contributed by atoms with Gasteiger partial charge in [-0.3, -0.25) is 14.3 Å². The Hall–Kier alpha value is -3.61. The van der Waals surface area contributed by atoms with Crippen molar-refractivity contribution in [2.24, 2.45) is 12.5 Å². The van der Waals surface area contributed by atoms with Crippen LogP contribution in [0.5, 0.6) is 5.75 Å². The minimum atomic E-state index is -0.0636. The van der Waals surface area contributed by atoms with Crippen LogP contribution in [-0.4, -0.2) is 64.2 Å². The number of nitrogens with zero attached hydrogens (tertiary/aromatic N) is 4. The molecule has 1 fully saturated rings. The molecule has 1 spiro atoms. The Balaban J connectivity index is 1.42. The van der Waals surface area contributed by atoms with E-state index in [0.717, 1.165) is 68.6 Å². The number of para-hydroxylation sites is 1. The van der Waals surface area contributed by atoms with Gasteiger partial charge in [-0.15, -0.1) is 0 Å². The molecule has 3 heterocycles. The lowest BCUT2D eigenvalue weighted by molar-refractivity contribution is -0.131. The van der Waals surface area contributed by atoms with Crippen LogP contribution >= 0.6 is 0 Å². The summed E-state index contributed by atoms with van der Waals surface area (Å²) in [6.45, 7) is 6.78. The molecule has 2 aromatic carbocycles. The third kappa shape index (κ3) is 6.18. The van der Waals surface area contributed by atoms with Gasteiger partial charge in [0.2, 0.25) is 5.91 Å². The number of fused-ring (bicyclic) bond motifs is 1. The Morgan fingerprint density at radius 2 is 1.67 bits per heavy atom. The first-order valence-corrected chi connectivity index (χ1v) is 14.2. The van der Waals surface area contributed by atoms with E-state index in [1.807, 2.05) is 35.0 Å². The maximum Gasteiger partial charge on any atom is 0.274 e. The molecular weight excluding hydrogens is 488 g/mol. The molecule has 206 valence electrons. The SMILES string of the molecule is CC(=O)N1CCC2(CCCCc3ccccc3OCCN(C(=O)c3cc(-c4ccc(C)cc4)n(C)n3)C2)CC1. The molecule has 2 aliphatic heterocycles. The first-order valence-electron chi connectivity index (χ1n) is 14.2. The molecule has 2 amide bonds. The van der Waals surface area contributed by atoms with E-state index in [-0.39, 0.29) is 17.2 Å².